The minimum Gasteiger partial charge on any atom is -0.473 e. The topological polar surface area (TPSA) is 69.3 Å². The maximum Gasteiger partial charge on any atom is 0.240 e. The fourth-order valence-electron chi connectivity index (χ4n) is 2.92. The number of nitrogens with zero attached hydrogens (tertiary/aromatic N) is 5. The van der Waals surface area contributed by atoms with Gasteiger partial charge in [-0.3, -0.25) is 4.68 Å². The third-order valence-electron chi connectivity index (χ3n) is 4.26. The zero-order valence-corrected chi connectivity index (χ0v) is 13.4. The Morgan fingerprint density at radius 2 is 2.21 bits per heavy atom. The third kappa shape index (κ3) is 2.84. The van der Waals surface area contributed by atoms with E-state index < -0.39 is 0 Å². The first-order chi connectivity index (χ1) is 11.7. The highest BCUT2D eigenvalue weighted by Crippen LogP contribution is 2.29. The molecule has 0 radical (unpaired) electrons. The van der Waals surface area contributed by atoms with E-state index in [9.17, 15) is 4.39 Å². The molecule has 0 aliphatic heterocycles. The monoisotopic (exact) mass is 330 g/mol. The molecule has 1 fully saturated rings. The van der Waals surface area contributed by atoms with Crippen LogP contribution in [0.25, 0.3) is 16.8 Å². The van der Waals surface area contributed by atoms with Crippen molar-refractivity contribution in [3.63, 3.8) is 0 Å². The van der Waals surface area contributed by atoms with Crippen LogP contribution in [-0.4, -0.2) is 49.7 Å². The normalized spacial score (nSPS) is 20.2. The first-order valence-corrected chi connectivity index (χ1v) is 8.02. The van der Waals surface area contributed by atoms with E-state index in [-0.39, 0.29) is 12.8 Å². The lowest BCUT2D eigenvalue weighted by Crippen LogP contribution is -2.47. The number of aromatic nitrogens is 5. The summed E-state index contributed by atoms with van der Waals surface area (Å²) in [7, 11) is 1.87. The molecule has 24 heavy (non-hydrogen) atoms. The summed E-state index contributed by atoms with van der Waals surface area (Å²) in [4.78, 5) is 4.65. The molecular weight excluding hydrogens is 311 g/mol. The van der Waals surface area contributed by atoms with Crippen LogP contribution >= 0.6 is 0 Å². The number of fused-ring (bicyclic) bond motifs is 1. The van der Waals surface area contributed by atoms with Gasteiger partial charge in [-0.15, -0.1) is 0 Å². The average Bonchev–Trinajstić information content (AvgIpc) is 3.17. The van der Waals surface area contributed by atoms with Crippen molar-refractivity contribution in [3.05, 3.63) is 30.9 Å². The molecule has 1 saturated carbocycles. The zero-order chi connectivity index (χ0) is 16.5. The molecule has 4 rings (SSSR count). The van der Waals surface area contributed by atoms with Gasteiger partial charge in [0.15, 0.2) is 0 Å². The third-order valence-corrected chi connectivity index (χ3v) is 4.26. The molecule has 0 saturated heterocycles. The first kappa shape index (κ1) is 15.1. The van der Waals surface area contributed by atoms with Gasteiger partial charge in [-0.1, -0.05) is 0 Å². The highest BCUT2D eigenvalue weighted by atomic mass is 19.1. The Bertz CT molecular complexity index is 838. The molecule has 8 heteroatoms. The summed E-state index contributed by atoms with van der Waals surface area (Å²) in [6.45, 7) is 0.0617. The van der Waals surface area contributed by atoms with Crippen LogP contribution in [0.3, 0.4) is 0 Å². The lowest BCUT2D eigenvalue weighted by Gasteiger charge is -2.35. The fourth-order valence-corrected chi connectivity index (χ4v) is 2.92. The molecule has 1 aliphatic rings. The molecule has 1 aliphatic carbocycles. The molecule has 0 atom stereocenters. The number of alkyl halides is 1. The second kappa shape index (κ2) is 6.20. The van der Waals surface area contributed by atoms with Gasteiger partial charge in [0, 0.05) is 31.4 Å². The van der Waals surface area contributed by atoms with Gasteiger partial charge in [-0.25, -0.2) is 13.9 Å². The predicted octanol–water partition coefficient (Wildman–Crippen LogP) is 1.60. The summed E-state index contributed by atoms with van der Waals surface area (Å²) in [5.41, 5.74) is 2.51. The van der Waals surface area contributed by atoms with Crippen molar-refractivity contribution in [2.45, 2.75) is 25.0 Å². The van der Waals surface area contributed by atoms with Crippen molar-refractivity contribution >= 4 is 5.52 Å². The van der Waals surface area contributed by atoms with Crippen molar-refractivity contribution in [1.29, 1.82) is 0 Å². The van der Waals surface area contributed by atoms with Crippen molar-refractivity contribution in [2.24, 2.45) is 7.05 Å². The molecule has 3 aromatic rings. The largest absolute Gasteiger partial charge is 0.473 e. The number of halogens is 1. The first-order valence-electron chi connectivity index (χ1n) is 8.02. The molecule has 0 bridgehead atoms. The van der Waals surface area contributed by atoms with Crippen molar-refractivity contribution in [1.82, 2.24) is 29.7 Å². The van der Waals surface area contributed by atoms with Gasteiger partial charge < -0.3 is 10.1 Å². The van der Waals surface area contributed by atoms with Gasteiger partial charge in [0.25, 0.3) is 0 Å². The molecule has 0 unspecified atom stereocenters. The van der Waals surface area contributed by atoms with Crippen molar-refractivity contribution in [3.8, 4) is 17.1 Å². The molecule has 1 N–H and O–H groups in total. The van der Waals surface area contributed by atoms with E-state index in [1.54, 1.807) is 21.6 Å². The average molecular weight is 330 g/mol. The van der Waals surface area contributed by atoms with Crippen LogP contribution in [0.15, 0.2) is 30.9 Å². The van der Waals surface area contributed by atoms with Crippen LogP contribution in [0, 0.1) is 0 Å². The van der Waals surface area contributed by atoms with Crippen LogP contribution in [0.4, 0.5) is 4.39 Å². The molecule has 7 nitrogen and oxygen atoms in total. The van der Waals surface area contributed by atoms with Crippen molar-refractivity contribution < 1.29 is 9.13 Å². The highest BCUT2D eigenvalue weighted by molar-refractivity contribution is 5.63. The summed E-state index contributed by atoms with van der Waals surface area (Å²) >= 11 is 0. The number of rotatable bonds is 6. The number of nitrogens with one attached hydrogen (secondary N) is 1. The highest BCUT2D eigenvalue weighted by Gasteiger charge is 2.31. The lowest BCUT2D eigenvalue weighted by molar-refractivity contribution is 0.0812. The summed E-state index contributed by atoms with van der Waals surface area (Å²) in [6.07, 6.45) is 9.08. The number of hydrogen-bond acceptors (Lipinski definition) is 5. The second-order valence-corrected chi connectivity index (χ2v) is 6.05. The van der Waals surface area contributed by atoms with E-state index in [0.717, 1.165) is 29.6 Å². The molecule has 0 spiro atoms. The van der Waals surface area contributed by atoms with Gasteiger partial charge in [0.1, 0.15) is 18.3 Å². The molecule has 3 heterocycles. The van der Waals surface area contributed by atoms with Crippen LogP contribution in [0.1, 0.15) is 12.8 Å². The van der Waals surface area contributed by atoms with Crippen LogP contribution in [0.2, 0.25) is 0 Å². The van der Waals surface area contributed by atoms with Crippen molar-refractivity contribution in [2.75, 3.05) is 13.2 Å². The summed E-state index contributed by atoms with van der Waals surface area (Å²) in [5, 5.41) is 11.6. The van der Waals surface area contributed by atoms with E-state index in [1.807, 2.05) is 25.5 Å². The molecular formula is C16H19FN6O. The Balaban J connectivity index is 1.55. The Morgan fingerprint density at radius 3 is 2.96 bits per heavy atom. The van der Waals surface area contributed by atoms with E-state index >= 15 is 0 Å². The zero-order valence-electron chi connectivity index (χ0n) is 13.4. The number of ether oxygens (including phenoxy) is 1. The van der Waals surface area contributed by atoms with Crippen LogP contribution < -0.4 is 10.1 Å². The Hall–Kier alpha value is -2.48. The maximum absolute atomic E-state index is 12.2. The van der Waals surface area contributed by atoms with E-state index in [2.05, 4.69) is 20.5 Å². The summed E-state index contributed by atoms with van der Waals surface area (Å²) < 4.78 is 21.8. The minimum atomic E-state index is -0.340. The van der Waals surface area contributed by atoms with E-state index in [0.29, 0.717) is 18.5 Å². The van der Waals surface area contributed by atoms with Gasteiger partial charge >= 0.3 is 0 Å². The fraction of sp³-hybridized carbons (Fsp3) is 0.438. The summed E-state index contributed by atoms with van der Waals surface area (Å²) in [6, 6.07) is 2.21. The second-order valence-electron chi connectivity index (χ2n) is 6.05. The predicted molar refractivity (Wildman–Crippen MR) is 86.6 cm³/mol. The van der Waals surface area contributed by atoms with Crippen LogP contribution in [-0.2, 0) is 7.05 Å². The van der Waals surface area contributed by atoms with Gasteiger partial charge in [-0.2, -0.15) is 10.2 Å². The smallest absolute Gasteiger partial charge is 0.240 e. The SMILES string of the molecule is Cn1cc(-c2cn3nccc3c(O[C@H]3C[C@H](NCCF)C3)n2)cn1. The Morgan fingerprint density at radius 1 is 1.33 bits per heavy atom. The molecule has 3 aromatic heterocycles. The lowest BCUT2D eigenvalue weighted by atomic mass is 9.89. The molecule has 126 valence electrons. The quantitative estimate of drug-likeness (QED) is 0.743. The number of hydrogen-bond donors (Lipinski definition) is 1. The summed E-state index contributed by atoms with van der Waals surface area (Å²) in [5.74, 6) is 0.572. The van der Waals surface area contributed by atoms with E-state index in [1.165, 1.54) is 0 Å². The Kier molecular flexibility index (Phi) is 3.89. The maximum atomic E-state index is 12.2. The number of aryl methyl sites for hydroxylation is 1. The van der Waals surface area contributed by atoms with Crippen LogP contribution in [0.5, 0.6) is 5.88 Å². The molecule has 0 aromatic carbocycles. The van der Waals surface area contributed by atoms with Gasteiger partial charge in [0.05, 0.1) is 24.3 Å². The Labute approximate surface area is 138 Å². The van der Waals surface area contributed by atoms with E-state index in [4.69, 9.17) is 4.74 Å². The molecule has 0 amide bonds. The van der Waals surface area contributed by atoms with Gasteiger partial charge in [0.2, 0.25) is 5.88 Å². The minimum absolute atomic E-state index is 0.0949. The standard InChI is InChI=1S/C16H19FN6O/c1-22-9-11(8-20-22)14-10-23-15(2-4-19-23)16(21-14)24-13-6-12(7-13)18-5-3-17/h2,4,8-10,12-13,18H,3,5-7H2,1H3/t12-,13-. The van der Waals surface area contributed by atoms with Gasteiger partial charge in [-0.05, 0) is 18.9 Å².